The molecule has 2 N–H and O–H groups in total. The van der Waals surface area contributed by atoms with Gasteiger partial charge in [0.1, 0.15) is 11.6 Å². The molecule has 0 unspecified atom stereocenters. The molecule has 0 radical (unpaired) electrons. The predicted molar refractivity (Wildman–Crippen MR) is 55.9 cm³/mol. The molecule has 0 aliphatic carbocycles. The van der Waals surface area contributed by atoms with Crippen molar-refractivity contribution in [1.29, 1.82) is 5.26 Å². The smallest absolute Gasteiger partial charge is 0.266 e. The van der Waals surface area contributed by atoms with Gasteiger partial charge in [0, 0.05) is 5.69 Å². The Morgan fingerprint density at radius 3 is 2.67 bits per heavy atom. The molecule has 0 heterocycles. The second-order valence-electron chi connectivity index (χ2n) is 2.73. The lowest BCUT2D eigenvalue weighted by Crippen LogP contribution is -2.13. The van der Waals surface area contributed by atoms with Crippen LogP contribution in [-0.2, 0) is 4.79 Å². The quantitative estimate of drug-likeness (QED) is 0.568. The number of aliphatic hydroxyl groups is 1. The average molecular weight is 202 g/mol. The van der Waals surface area contributed by atoms with Crippen molar-refractivity contribution in [2.24, 2.45) is 0 Å². The monoisotopic (exact) mass is 202 g/mol. The second-order valence-corrected chi connectivity index (χ2v) is 2.73. The molecule has 1 aromatic rings. The molecule has 4 heteroatoms. The van der Waals surface area contributed by atoms with Crippen LogP contribution in [0.1, 0.15) is 0 Å². The van der Waals surface area contributed by atoms with Gasteiger partial charge in [0.15, 0.2) is 0 Å². The minimum atomic E-state index is -0.516. The Morgan fingerprint density at radius 1 is 1.47 bits per heavy atom. The van der Waals surface area contributed by atoms with E-state index < -0.39 is 5.91 Å². The number of amides is 1. The van der Waals surface area contributed by atoms with E-state index in [-0.39, 0.29) is 12.2 Å². The minimum absolute atomic E-state index is 0.0960. The molecular weight excluding hydrogens is 192 g/mol. The number of nitrogens with zero attached hydrogens (tertiary/aromatic N) is 1. The van der Waals surface area contributed by atoms with Crippen molar-refractivity contribution >= 4 is 11.6 Å². The highest BCUT2D eigenvalue weighted by atomic mass is 16.2. The topological polar surface area (TPSA) is 73.1 Å². The van der Waals surface area contributed by atoms with Gasteiger partial charge in [-0.15, -0.1) is 0 Å². The van der Waals surface area contributed by atoms with Crippen LogP contribution in [0.4, 0.5) is 5.69 Å². The van der Waals surface area contributed by atoms with Crippen molar-refractivity contribution in [2.75, 3.05) is 11.9 Å². The number of rotatable bonds is 3. The molecule has 76 valence electrons. The summed E-state index contributed by atoms with van der Waals surface area (Å²) in [6.07, 6.45) is 1.16. The fourth-order valence-electron chi connectivity index (χ4n) is 1.00. The van der Waals surface area contributed by atoms with Crippen LogP contribution in [0, 0.1) is 11.3 Å². The molecule has 1 rings (SSSR count). The molecule has 0 aliphatic heterocycles. The highest BCUT2D eigenvalue weighted by molar-refractivity contribution is 6.06. The van der Waals surface area contributed by atoms with E-state index in [0.717, 1.165) is 6.08 Å². The number of anilines is 1. The zero-order chi connectivity index (χ0) is 11.1. The highest BCUT2D eigenvalue weighted by Gasteiger charge is 2.07. The SMILES string of the molecule is N#C/C(=C\CO)C(=O)Nc1ccccc1. The zero-order valence-corrected chi connectivity index (χ0v) is 7.97. The van der Waals surface area contributed by atoms with Gasteiger partial charge in [-0.25, -0.2) is 0 Å². The maximum atomic E-state index is 11.4. The van der Waals surface area contributed by atoms with E-state index in [0.29, 0.717) is 5.69 Å². The molecule has 1 aromatic carbocycles. The van der Waals surface area contributed by atoms with E-state index in [1.165, 1.54) is 0 Å². The average Bonchev–Trinajstić information content (AvgIpc) is 2.27. The molecule has 0 aromatic heterocycles. The summed E-state index contributed by atoms with van der Waals surface area (Å²) in [5, 5.41) is 19.7. The summed E-state index contributed by atoms with van der Waals surface area (Å²) in [6, 6.07) is 10.5. The molecular formula is C11H10N2O2. The maximum absolute atomic E-state index is 11.4. The summed E-state index contributed by atoms with van der Waals surface area (Å²) in [5.41, 5.74) is 0.517. The van der Waals surface area contributed by atoms with E-state index >= 15 is 0 Å². The molecule has 0 spiro atoms. The van der Waals surface area contributed by atoms with Crippen LogP contribution in [0.5, 0.6) is 0 Å². The van der Waals surface area contributed by atoms with Crippen LogP contribution in [0.25, 0.3) is 0 Å². The number of nitrogens with one attached hydrogen (secondary N) is 1. The first kappa shape index (κ1) is 11.0. The summed E-state index contributed by atoms with van der Waals surface area (Å²) >= 11 is 0. The lowest BCUT2D eigenvalue weighted by atomic mass is 10.2. The predicted octanol–water partition coefficient (Wildman–Crippen LogP) is 1.07. The van der Waals surface area contributed by atoms with E-state index in [1.807, 2.05) is 6.07 Å². The van der Waals surface area contributed by atoms with Gasteiger partial charge in [-0.2, -0.15) is 5.26 Å². The summed E-state index contributed by atoms with van der Waals surface area (Å²) < 4.78 is 0. The van der Waals surface area contributed by atoms with Crippen LogP contribution in [0.2, 0.25) is 0 Å². The van der Waals surface area contributed by atoms with Crippen molar-refractivity contribution in [2.45, 2.75) is 0 Å². The minimum Gasteiger partial charge on any atom is -0.392 e. The summed E-state index contributed by atoms with van der Waals surface area (Å²) in [5.74, 6) is -0.516. The molecule has 0 saturated heterocycles. The van der Waals surface area contributed by atoms with Gasteiger partial charge in [0.25, 0.3) is 5.91 Å². The van der Waals surface area contributed by atoms with Gasteiger partial charge >= 0.3 is 0 Å². The zero-order valence-electron chi connectivity index (χ0n) is 7.97. The van der Waals surface area contributed by atoms with Crippen molar-refractivity contribution in [1.82, 2.24) is 0 Å². The Labute approximate surface area is 87.5 Å². The Hall–Kier alpha value is -2.12. The molecule has 0 saturated carbocycles. The molecule has 0 aliphatic rings. The number of hydrogen-bond donors (Lipinski definition) is 2. The Morgan fingerprint density at radius 2 is 2.13 bits per heavy atom. The van der Waals surface area contributed by atoms with E-state index in [2.05, 4.69) is 5.32 Å². The number of hydrogen-bond acceptors (Lipinski definition) is 3. The van der Waals surface area contributed by atoms with Gasteiger partial charge in [-0.3, -0.25) is 4.79 Å². The number of nitriles is 1. The van der Waals surface area contributed by atoms with Crippen molar-refractivity contribution in [3.63, 3.8) is 0 Å². The maximum Gasteiger partial charge on any atom is 0.266 e. The third-order valence-electron chi connectivity index (χ3n) is 1.69. The van der Waals surface area contributed by atoms with Gasteiger partial charge in [0.05, 0.1) is 6.61 Å². The first-order valence-corrected chi connectivity index (χ1v) is 4.35. The van der Waals surface area contributed by atoms with E-state index in [9.17, 15) is 4.79 Å². The normalized spacial score (nSPS) is 10.5. The van der Waals surface area contributed by atoms with Crippen molar-refractivity contribution < 1.29 is 9.90 Å². The van der Waals surface area contributed by atoms with Crippen LogP contribution < -0.4 is 5.32 Å². The van der Waals surface area contributed by atoms with Crippen LogP contribution >= 0.6 is 0 Å². The summed E-state index contributed by atoms with van der Waals surface area (Å²) in [4.78, 5) is 11.4. The molecule has 15 heavy (non-hydrogen) atoms. The van der Waals surface area contributed by atoms with Crippen molar-refractivity contribution in [3.8, 4) is 6.07 Å². The van der Waals surface area contributed by atoms with E-state index in [4.69, 9.17) is 10.4 Å². The lowest BCUT2D eigenvalue weighted by molar-refractivity contribution is -0.112. The fraction of sp³-hybridized carbons (Fsp3) is 0.0909. The number of aliphatic hydroxyl groups excluding tert-OH is 1. The van der Waals surface area contributed by atoms with Gasteiger partial charge in [-0.05, 0) is 18.2 Å². The molecule has 0 atom stereocenters. The molecule has 1 amide bonds. The standard InChI is InChI=1S/C11H10N2O2/c12-8-9(6-7-14)11(15)13-10-4-2-1-3-5-10/h1-6,14H,7H2,(H,13,15)/b9-6+. The highest BCUT2D eigenvalue weighted by Crippen LogP contribution is 2.06. The van der Waals surface area contributed by atoms with Crippen LogP contribution in [-0.4, -0.2) is 17.6 Å². The molecule has 4 nitrogen and oxygen atoms in total. The first-order chi connectivity index (χ1) is 7.27. The third-order valence-corrected chi connectivity index (χ3v) is 1.69. The van der Waals surface area contributed by atoms with Crippen molar-refractivity contribution in [3.05, 3.63) is 42.0 Å². The van der Waals surface area contributed by atoms with Crippen LogP contribution in [0.3, 0.4) is 0 Å². The summed E-state index contributed by atoms with van der Waals surface area (Å²) in [7, 11) is 0. The first-order valence-electron chi connectivity index (χ1n) is 4.35. The molecule has 0 bridgehead atoms. The van der Waals surface area contributed by atoms with E-state index in [1.54, 1.807) is 30.3 Å². The van der Waals surface area contributed by atoms with Gasteiger partial charge in [0.2, 0.25) is 0 Å². The number of carbonyl (C=O) groups excluding carboxylic acids is 1. The lowest BCUT2D eigenvalue weighted by Gasteiger charge is -2.02. The summed E-state index contributed by atoms with van der Waals surface area (Å²) in [6.45, 7) is -0.328. The number of benzene rings is 1. The Bertz CT molecular complexity index is 404. The number of para-hydroxylation sites is 1. The fourth-order valence-corrected chi connectivity index (χ4v) is 1.00. The second kappa shape index (κ2) is 5.58. The third kappa shape index (κ3) is 3.25. The Kier molecular flexibility index (Phi) is 4.07. The number of carbonyl (C=O) groups is 1. The Balaban J connectivity index is 2.72. The van der Waals surface area contributed by atoms with Crippen LogP contribution in [0.15, 0.2) is 42.0 Å². The van der Waals surface area contributed by atoms with Gasteiger partial charge < -0.3 is 10.4 Å². The largest absolute Gasteiger partial charge is 0.392 e. The van der Waals surface area contributed by atoms with Gasteiger partial charge in [-0.1, -0.05) is 18.2 Å². The molecule has 0 fully saturated rings.